The zero-order valence-electron chi connectivity index (χ0n) is 13.9. The van der Waals surface area contributed by atoms with E-state index in [-0.39, 0.29) is 11.8 Å². The first-order chi connectivity index (χ1) is 11.3. The Kier molecular flexibility index (Phi) is 7.64. The molecule has 0 radical (unpaired) electrons. The van der Waals surface area contributed by atoms with E-state index in [0.29, 0.717) is 24.9 Å². The second-order valence-corrected chi connectivity index (χ2v) is 6.37. The van der Waals surface area contributed by atoms with E-state index in [0.717, 1.165) is 18.9 Å². The molecule has 1 aliphatic rings. The van der Waals surface area contributed by atoms with E-state index in [1.165, 1.54) is 32.1 Å². The van der Waals surface area contributed by atoms with E-state index >= 15 is 0 Å². The lowest BCUT2D eigenvalue weighted by molar-refractivity contribution is -0.121. The summed E-state index contributed by atoms with van der Waals surface area (Å²) >= 11 is 0. The predicted octanol–water partition coefficient (Wildman–Crippen LogP) is 3.28. The molecule has 0 aromatic heterocycles. The average molecular weight is 316 g/mol. The molecule has 1 aromatic carbocycles. The van der Waals surface area contributed by atoms with Gasteiger partial charge in [0.15, 0.2) is 0 Å². The molecule has 126 valence electrons. The minimum Gasteiger partial charge on any atom is -0.356 e. The van der Waals surface area contributed by atoms with Gasteiger partial charge in [-0.05, 0) is 37.3 Å². The summed E-state index contributed by atoms with van der Waals surface area (Å²) in [6.07, 6.45) is 8.97. The molecule has 1 aromatic rings. The van der Waals surface area contributed by atoms with Gasteiger partial charge in [-0.1, -0.05) is 43.9 Å². The molecule has 23 heavy (non-hydrogen) atoms. The molecule has 2 amide bonds. The maximum atomic E-state index is 11.8. The highest BCUT2D eigenvalue weighted by Crippen LogP contribution is 2.28. The van der Waals surface area contributed by atoms with Crippen molar-refractivity contribution >= 4 is 11.8 Å². The van der Waals surface area contributed by atoms with Gasteiger partial charge >= 0.3 is 0 Å². The van der Waals surface area contributed by atoms with Crippen molar-refractivity contribution in [3.05, 3.63) is 35.9 Å². The van der Waals surface area contributed by atoms with Crippen molar-refractivity contribution in [3.63, 3.8) is 0 Å². The van der Waals surface area contributed by atoms with Crippen molar-refractivity contribution in [1.29, 1.82) is 0 Å². The van der Waals surface area contributed by atoms with Crippen molar-refractivity contribution in [3.8, 4) is 0 Å². The smallest absolute Gasteiger partial charge is 0.251 e. The molecule has 1 saturated carbocycles. The zero-order chi connectivity index (χ0) is 16.3. The number of benzene rings is 1. The average Bonchev–Trinajstić information content (AvgIpc) is 3.09. The summed E-state index contributed by atoms with van der Waals surface area (Å²) in [5, 5.41) is 5.81. The van der Waals surface area contributed by atoms with Gasteiger partial charge in [-0.3, -0.25) is 9.59 Å². The molecule has 0 spiro atoms. The molecule has 2 N–H and O–H groups in total. The summed E-state index contributed by atoms with van der Waals surface area (Å²) in [5.74, 6) is 0.896. The number of carbonyl (C=O) groups is 2. The lowest BCUT2D eigenvalue weighted by Crippen LogP contribution is -2.28. The lowest BCUT2D eigenvalue weighted by atomic mass is 10.0. The van der Waals surface area contributed by atoms with E-state index in [9.17, 15) is 9.59 Å². The fraction of sp³-hybridized carbons (Fsp3) is 0.579. The molecule has 0 heterocycles. The number of carbonyl (C=O) groups excluding carboxylic acids is 2. The highest BCUT2D eigenvalue weighted by atomic mass is 16.2. The monoisotopic (exact) mass is 316 g/mol. The molecule has 0 aliphatic heterocycles. The Morgan fingerprint density at radius 2 is 1.65 bits per heavy atom. The van der Waals surface area contributed by atoms with E-state index in [1.54, 1.807) is 12.1 Å². The number of nitrogens with one attached hydrogen (secondary N) is 2. The summed E-state index contributed by atoms with van der Waals surface area (Å²) in [6, 6.07) is 9.13. The van der Waals surface area contributed by atoms with Crippen molar-refractivity contribution in [2.75, 3.05) is 13.1 Å². The van der Waals surface area contributed by atoms with Gasteiger partial charge in [0.25, 0.3) is 5.91 Å². The third-order valence-corrected chi connectivity index (χ3v) is 4.49. The minimum absolute atomic E-state index is 0.0810. The Balaban J connectivity index is 1.47. The van der Waals surface area contributed by atoms with Crippen LogP contribution >= 0.6 is 0 Å². The Labute approximate surface area is 139 Å². The number of rotatable bonds is 9. The standard InChI is InChI=1S/C19H28N2O2/c22-18(20-14-6-10-16-8-4-5-9-16)13-7-15-21-19(23)17-11-2-1-3-12-17/h1-3,11-12,16H,4-10,13-15H2,(H,20,22)(H,21,23). The first-order valence-electron chi connectivity index (χ1n) is 8.85. The first kappa shape index (κ1) is 17.5. The van der Waals surface area contributed by atoms with Crippen molar-refractivity contribution in [2.45, 2.75) is 51.4 Å². The summed E-state index contributed by atoms with van der Waals surface area (Å²) < 4.78 is 0. The van der Waals surface area contributed by atoms with Crippen LogP contribution in [0.25, 0.3) is 0 Å². The molecule has 1 fully saturated rings. The quantitative estimate of drug-likeness (QED) is 0.687. The van der Waals surface area contributed by atoms with Crippen LogP contribution in [0.2, 0.25) is 0 Å². The van der Waals surface area contributed by atoms with Crippen LogP contribution in [-0.2, 0) is 4.79 Å². The van der Waals surface area contributed by atoms with E-state index in [4.69, 9.17) is 0 Å². The van der Waals surface area contributed by atoms with Gasteiger partial charge < -0.3 is 10.6 Å². The molecule has 0 saturated heterocycles. The van der Waals surface area contributed by atoms with Gasteiger partial charge in [-0.15, -0.1) is 0 Å². The van der Waals surface area contributed by atoms with Crippen LogP contribution in [0.4, 0.5) is 0 Å². The molecule has 0 atom stereocenters. The van der Waals surface area contributed by atoms with Crippen LogP contribution in [0, 0.1) is 5.92 Å². The Hall–Kier alpha value is -1.84. The van der Waals surface area contributed by atoms with Crippen LogP contribution in [0.1, 0.15) is 61.7 Å². The predicted molar refractivity (Wildman–Crippen MR) is 92.2 cm³/mol. The molecular formula is C19H28N2O2. The van der Waals surface area contributed by atoms with Gasteiger partial charge in [0, 0.05) is 25.1 Å². The molecule has 1 aliphatic carbocycles. The third kappa shape index (κ3) is 6.85. The Bertz CT molecular complexity index is 481. The van der Waals surface area contributed by atoms with Gasteiger partial charge in [-0.2, -0.15) is 0 Å². The number of hydrogen-bond donors (Lipinski definition) is 2. The van der Waals surface area contributed by atoms with Crippen LogP contribution in [0.3, 0.4) is 0 Å². The Morgan fingerprint density at radius 1 is 0.957 bits per heavy atom. The second kappa shape index (κ2) is 10.0. The van der Waals surface area contributed by atoms with Crippen molar-refractivity contribution in [2.24, 2.45) is 5.92 Å². The van der Waals surface area contributed by atoms with Gasteiger partial charge in [0.2, 0.25) is 5.91 Å². The fourth-order valence-electron chi connectivity index (χ4n) is 3.15. The van der Waals surface area contributed by atoms with Gasteiger partial charge in [0.1, 0.15) is 0 Å². The maximum absolute atomic E-state index is 11.8. The fourth-order valence-corrected chi connectivity index (χ4v) is 3.15. The normalized spacial score (nSPS) is 14.6. The number of hydrogen-bond acceptors (Lipinski definition) is 2. The molecular weight excluding hydrogens is 288 g/mol. The minimum atomic E-state index is -0.0810. The molecule has 2 rings (SSSR count). The van der Waals surface area contributed by atoms with E-state index in [1.807, 2.05) is 18.2 Å². The van der Waals surface area contributed by atoms with Gasteiger partial charge in [-0.25, -0.2) is 0 Å². The summed E-state index contributed by atoms with van der Waals surface area (Å²) in [5.41, 5.74) is 0.656. The lowest BCUT2D eigenvalue weighted by Gasteiger charge is -2.09. The number of amides is 2. The second-order valence-electron chi connectivity index (χ2n) is 6.37. The first-order valence-corrected chi connectivity index (χ1v) is 8.85. The van der Waals surface area contributed by atoms with E-state index in [2.05, 4.69) is 10.6 Å². The topological polar surface area (TPSA) is 58.2 Å². The SMILES string of the molecule is O=C(CCCNC(=O)c1ccccc1)NCCCC1CCCC1. The molecule has 4 heteroatoms. The summed E-state index contributed by atoms with van der Waals surface area (Å²) in [4.78, 5) is 23.5. The maximum Gasteiger partial charge on any atom is 0.251 e. The largest absolute Gasteiger partial charge is 0.356 e. The summed E-state index contributed by atoms with van der Waals surface area (Å²) in [7, 11) is 0. The third-order valence-electron chi connectivity index (χ3n) is 4.49. The van der Waals surface area contributed by atoms with Crippen LogP contribution in [-0.4, -0.2) is 24.9 Å². The van der Waals surface area contributed by atoms with E-state index < -0.39 is 0 Å². The summed E-state index contributed by atoms with van der Waals surface area (Å²) in [6.45, 7) is 1.31. The van der Waals surface area contributed by atoms with Gasteiger partial charge in [0.05, 0.1) is 0 Å². The molecule has 4 nitrogen and oxygen atoms in total. The van der Waals surface area contributed by atoms with Crippen LogP contribution in [0.15, 0.2) is 30.3 Å². The molecule has 0 unspecified atom stereocenters. The van der Waals surface area contributed by atoms with Crippen LogP contribution in [0.5, 0.6) is 0 Å². The zero-order valence-corrected chi connectivity index (χ0v) is 13.9. The van der Waals surface area contributed by atoms with Crippen molar-refractivity contribution in [1.82, 2.24) is 10.6 Å². The highest BCUT2D eigenvalue weighted by molar-refractivity contribution is 5.94. The highest BCUT2D eigenvalue weighted by Gasteiger charge is 2.14. The Morgan fingerprint density at radius 3 is 2.39 bits per heavy atom. The molecule has 0 bridgehead atoms. The van der Waals surface area contributed by atoms with Crippen molar-refractivity contribution < 1.29 is 9.59 Å². The van der Waals surface area contributed by atoms with Crippen LogP contribution < -0.4 is 10.6 Å².